The predicted octanol–water partition coefficient (Wildman–Crippen LogP) is 3.67. The zero-order chi connectivity index (χ0) is 15.5. The van der Waals surface area contributed by atoms with Crippen molar-refractivity contribution in [3.05, 3.63) is 28.8 Å². The Balaban J connectivity index is 2.95. The molecule has 1 aromatic carbocycles. The average molecular weight is 309 g/mol. The molecule has 0 heterocycles. The molecule has 0 radical (unpaired) electrons. The fraction of sp³-hybridized carbons (Fsp3) is 0.462. The summed E-state index contributed by atoms with van der Waals surface area (Å²) in [5.74, 6) is -0.477. The molecule has 0 saturated carbocycles. The zero-order valence-electron chi connectivity index (χ0n) is 11.1. The van der Waals surface area contributed by atoms with Gasteiger partial charge in [0.15, 0.2) is 0 Å². The second kappa shape index (κ2) is 6.45. The number of hydrogen-bond donors (Lipinski definition) is 2. The minimum absolute atomic E-state index is 0.0539. The van der Waals surface area contributed by atoms with Gasteiger partial charge in [-0.15, -0.1) is 0 Å². The topological polar surface area (TPSA) is 55.1 Å². The van der Waals surface area contributed by atoms with Gasteiger partial charge in [0.2, 0.25) is 5.91 Å². The van der Waals surface area contributed by atoms with Crippen LogP contribution in [0.3, 0.4) is 0 Å². The number of alkyl halides is 3. The maximum atomic E-state index is 12.8. The molecule has 3 N–H and O–H groups in total. The van der Waals surface area contributed by atoms with Gasteiger partial charge in [0, 0.05) is 5.02 Å². The Kier molecular flexibility index (Phi) is 5.42. The highest BCUT2D eigenvalue weighted by Gasteiger charge is 2.34. The maximum absolute atomic E-state index is 12.8. The molecule has 1 atom stereocenters. The van der Waals surface area contributed by atoms with Gasteiger partial charge in [-0.3, -0.25) is 4.79 Å². The number of nitrogens with two attached hydrogens (primary N) is 1. The van der Waals surface area contributed by atoms with E-state index in [1.165, 1.54) is 6.07 Å². The molecule has 3 nitrogen and oxygen atoms in total. The molecule has 20 heavy (non-hydrogen) atoms. The number of halogens is 4. The van der Waals surface area contributed by atoms with Crippen LogP contribution in [0.4, 0.5) is 18.9 Å². The Morgan fingerprint density at radius 2 is 2.00 bits per heavy atom. The summed E-state index contributed by atoms with van der Waals surface area (Å²) in [5.41, 5.74) is 4.30. The molecule has 7 heteroatoms. The highest BCUT2D eigenvalue weighted by atomic mass is 35.5. The van der Waals surface area contributed by atoms with Crippen LogP contribution in [0, 0.1) is 5.92 Å². The van der Waals surface area contributed by atoms with Gasteiger partial charge in [0.25, 0.3) is 0 Å². The summed E-state index contributed by atoms with van der Waals surface area (Å²) in [6, 6.07) is 2.31. The minimum atomic E-state index is -4.60. The number of rotatable bonds is 4. The monoisotopic (exact) mass is 308 g/mol. The lowest BCUT2D eigenvalue weighted by Crippen LogP contribution is -2.37. The SMILES string of the molecule is CC(C)CC(N)C(=O)Nc1ccc(Cl)cc1C(F)(F)F. The normalized spacial score (nSPS) is 13.4. The Hall–Kier alpha value is -1.27. The van der Waals surface area contributed by atoms with Crippen LogP contribution >= 0.6 is 11.6 Å². The van der Waals surface area contributed by atoms with Crippen molar-refractivity contribution in [3.8, 4) is 0 Å². The van der Waals surface area contributed by atoms with Crippen molar-refractivity contribution in [2.24, 2.45) is 11.7 Å². The minimum Gasteiger partial charge on any atom is -0.324 e. The van der Waals surface area contributed by atoms with Crippen LogP contribution in [-0.4, -0.2) is 11.9 Å². The van der Waals surface area contributed by atoms with Crippen molar-refractivity contribution in [2.75, 3.05) is 5.32 Å². The molecular weight excluding hydrogens is 293 g/mol. The van der Waals surface area contributed by atoms with Gasteiger partial charge < -0.3 is 11.1 Å². The summed E-state index contributed by atoms with van der Waals surface area (Å²) in [6.07, 6.45) is -4.21. The van der Waals surface area contributed by atoms with E-state index in [0.29, 0.717) is 6.42 Å². The molecule has 1 unspecified atom stereocenters. The number of benzene rings is 1. The number of carbonyl (C=O) groups excluding carboxylic acids is 1. The molecule has 1 aromatic rings. The molecule has 1 rings (SSSR count). The highest BCUT2D eigenvalue weighted by molar-refractivity contribution is 6.30. The van der Waals surface area contributed by atoms with Crippen molar-refractivity contribution < 1.29 is 18.0 Å². The second-order valence-electron chi connectivity index (χ2n) is 4.91. The number of amides is 1. The van der Waals surface area contributed by atoms with Gasteiger partial charge in [-0.25, -0.2) is 0 Å². The molecule has 0 aliphatic heterocycles. The molecule has 0 bridgehead atoms. The van der Waals surface area contributed by atoms with Gasteiger partial charge in [-0.1, -0.05) is 25.4 Å². The Morgan fingerprint density at radius 1 is 1.40 bits per heavy atom. The molecule has 0 aromatic heterocycles. The summed E-state index contributed by atoms with van der Waals surface area (Å²) in [4.78, 5) is 11.8. The third-order valence-electron chi connectivity index (χ3n) is 2.61. The summed E-state index contributed by atoms with van der Waals surface area (Å²) in [6.45, 7) is 3.74. The largest absolute Gasteiger partial charge is 0.418 e. The van der Waals surface area contributed by atoms with E-state index in [9.17, 15) is 18.0 Å². The van der Waals surface area contributed by atoms with E-state index in [0.717, 1.165) is 12.1 Å². The average Bonchev–Trinajstić information content (AvgIpc) is 2.29. The van der Waals surface area contributed by atoms with E-state index >= 15 is 0 Å². The zero-order valence-corrected chi connectivity index (χ0v) is 11.8. The predicted molar refractivity (Wildman–Crippen MR) is 72.5 cm³/mol. The standard InChI is InChI=1S/C13H16ClF3N2O/c1-7(2)5-10(18)12(20)19-11-4-3-8(14)6-9(11)13(15,16)17/h3-4,6-7,10H,5,18H2,1-2H3,(H,19,20). The molecule has 0 spiro atoms. The van der Waals surface area contributed by atoms with E-state index in [-0.39, 0.29) is 16.6 Å². The van der Waals surface area contributed by atoms with E-state index in [1.807, 2.05) is 13.8 Å². The molecule has 0 aliphatic carbocycles. The van der Waals surface area contributed by atoms with Crippen molar-refractivity contribution in [1.29, 1.82) is 0 Å². The Morgan fingerprint density at radius 3 is 2.50 bits per heavy atom. The fourth-order valence-corrected chi connectivity index (χ4v) is 1.87. The van der Waals surface area contributed by atoms with E-state index in [1.54, 1.807) is 0 Å². The van der Waals surface area contributed by atoms with Crippen LogP contribution in [0.15, 0.2) is 18.2 Å². The highest BCUT2D eigenvalue weighted by Crippen LogP contribution is 2.36. The lowest BCUT2D eigenvalue weighted by molar-refractivity contribution is -0.137. The van der Waals surface area contributed by atoms with Gasteiger partial charge in [-0.05, 0) is 30.5 Å². The van der Waals surface area contributed by atoms with Crippen LogP contribution < -0.4 is 11.1 Å². The van der Waals surface area contributed by atoms with E-state index < -0.39 is 23.7 Å². The number of carbonyl (C=O) groups is 1. The van der Waals surface area contributed by atoms with Crippen molar-refractivity contribution in [3.63, 3.8) is 0 Å². The quantitative estimate of drug-likeness (QED) is 0.891. The lowest BCUT2D eigenvalue weighted by Gasteiger charge is -2.17. The Labute approximate surface area is 120 Å². The van der Waals surface area contributed by atoms with Gasteiger partial charge in [0.05, 0.1) is 17.3 Å². The second-order valence-corrected chi connectivity index (χ2v) is 5.35. The molecule has 1 amide bonds. The van der Waals surface area contributed by atoms with Crippen LogP contribution in [-0.2, 0) is 11.0 Å². The fourth-order valence-electron chi connectivity index (χ4n) is 1.70. The summed E-state index contributed by atoms with van der Waals surface area (Å²) < 4.78 is 38.5. The third kappa shape index (κ3) is 4.68. The van der Waals surface area contributed by atoms with E-state index in [2.05, 4.69) is 5.32 Å². The first-order valence-electron chi connectivity index (χ1n) is 6.04. The van der Waals surface area contributed by atoms with Crippen molar-refractivity contribution in [1.82, 2.24) is 0 Å². The van der Waals surface area contributed by atoms with Crippen molar-refractivity contribution >= 4 is 23.2 Å². The molecule has 0 saturated heterocycles. The maximum Gasteiger partial charge on any atom is 0.418 e. The first-order chi connectivity index (χ1) is 9.11. The van der Waals surface area contributed by atoms with Crippen LogP contribution in [0.2, 0.25) is 5.02 Å². The lowest BCUT2D eigenvalue weighted by atomic mass is 10.0. The summed E-state index contributed by atoms with van der Waals surface area (Å²) >= 11 is 5.55. The number of hydrogen-bond acceptors (Lipinski definition) is 2. The van der Waals surface area contributed by atoms with Crippen LogP contribution in [0.1, 0.15) is 25.8 Å². The van der Waals surface area contributed by atoms with Crippen molar-refractivity contribution in [2.45, 2.75) is 32.5 Å². The third-order valence-corrected chi connectivity index (χ3v) is 2.84. The van der Waals surface area contributed by atoms with Gasteiger partial charge in [0.1, 0.15) is 0 Å². The number of nitrogens with one attached hydrogen (secondary N) is 1. The Bertz CT molecular complexity index is 489. The first kappa shape index (κ1) is 16.8. The smallest absolute Gasteiger partial charge is 0.324 e. The first-order valence-corrected chi connectivity index (χ1v) is 6.42. The van der Waals surface area contributed by atoms with Crippen LogP contribution in [0.5, 0.6) is 0 Å². The van der Waals surface area contributed by atoms with Gasteiger partial charge >= 0.3 is 6.18 Å². The summed E-state index contributed by atoms with van der Waals surface area (Å²) in [7, 11) is 0. The summed E-state index contributed by atoms with van der Waals surface area (Å²) in [5, 5.41) is 2.15. The van der Waals surface area contributed by atoms with Gasteiger partial charge in [-0.2, -0.15) is 13.2 Å². The molecule has 112 valence electrons. The molecule has 0 aliphatic rings. The van der Waals surface area contributed by atoms with E-state index in [4.69, 9.17) is 17.3 Å². The van der Waals surface area contributed by atoms with Crippen LogP contribution in [0.25, 0.3) is 0 Å². The molecular formula is C13H16ClF3N2O. The number of anilines is 1. The molecule has 0 fully saturated rings.